The Balaban J connectivity index is 1.37. The van der Waals surface area contributed by atoms with E-state index in [1.165, 1.54) is 38.5 Å². The molecule has 1 aliphatic carbocycles. The van der Waals surface area contributed by atoms with Gasteiger partial charge >= 0.3 is 0 Å². The predicted molar refractivity (Wildman–Crippen MR) is 123 cm³/mol. The van der Waals surface area contributed by atoms with E-state index in [-0.39, 0.29) is 0 Å². The lowest BCUT2D eigenvalue weighted by Crippen LogP contribution is -2.10. The molecular formula is C22H27ClN4S2. The number of nitrogens with zero attached hydrogens (tertiary/aromatic N) is 4. The molecule has 0 amide bonds. The number of benzene rings is 1. The number of rotatable bonds is 8. The summed E-state index contributed by atoms with van der Waals surface area (Å²) in [5.74, 6) is 2.80. The van der Waals surface area contributed by atoms with Crippen molar-refractivity contribution in [3.63, 3.8) is 0 Å². The molecule has 1 fully saturated rings. The molecule has 29 heavy (non-hydrogen) atoms. The maximum Gasteiger partial charge on any atom is 0.191 e. The van der Waals surface area contributed by atoms with Gasteiger partial charge in [-0.15, -0.1) is 21.5 Å². The van der Waals surface area contributed by atoms with Gasteiger partial charge in [0.2, 0.25) is 0 Å². The van der Waals surface area contributed by atoms with E-state index in [1.54, 1.807) is 23.1 Å². The number of hydrogen-bond acceptors (Lipinski definition) is 5. The molecule has 154 valence electrons. The first-order valence-electron chi connectivity index (χ1n) is 10.5. The first kappa shape index (κ1) is 20.9. The van der Waals surface area contributed by atoms with Crippen molar-refractivity contribution in [3.8, 4) is 10.6 Å². The van der Waals surface area contributed by atoms with Crippen LogP contribution in [0.15, 0.2) is 34.8 Å². The topological polar surface area (TPSA) is 43.6 Å². The summed E-state index contributed by atoms with van der Waals surface area (Å²) in [5, 5.41) is 13.8. The van der Waals surface area contributed by atoms with Crippen LogP contribution in [-0.4, -0.2) is 19.7 Å². The van der Waals surface area contributed by atoms with Gasteiger partial charge in [0.15, 0.2) is 5.16 Å². The van der Waals surface area contributed by atoms with Crippen molar-refractivity contribution in [1.29, 1.82) is 0 Å². The monoisotopic (exact) mass is 446 g/mol. The number of aromatic nitrogens is 4. The number of thiazole rings is 1. The molecule has 0 N–H and O–H groups in total. The Morgan fingerprint density at radius 2 is 2.00 bits per heavy atom. The zero-order valence-electron chi connectivity index (χ0n) is 16.8. The Morgan fingerprint density at radius 1 is 1.17 bits per heavy atom. The highest BCUT2D eigenvalue weighted by Crippen LogP contribution is 2.32. The SMILES string of the molecule is CCn1c(CCC2CCCCC2)nnc1SCc1csc(-c2ccccc2Cl)n1. The highest BCUT2D eigenvalue weighted by molar-refractivity contribution is 7.98. The van der Waals surface area contributed by atoms with Crippen molar-refractivity contribution in [3.05, 3.63) is 46.2 Å². The lowest BCUT2D eigenvalue weighted by atomic mass is 9.86. The van der Waals surface area contributed by atoms with Gasteiger partial charge in [0.1, 0.15) is 10.8 Å². The second-order valence-corrected chi connectivity index (χ2v) is 9.81. The van der Waals surface area contributed by atoms with Gasteiger partial charge in [-0.1, -0.05) is 73.7 Å². The molecule has 0 unspecified atom stereocenters. The molecule has 0 atom stereocenters. The molecule has 2 heterocycles. The van der Waals surface area contributed by atoms with Crippen LogP contribution in [0.2, 0.25) is 5.02 Å². The summed E-state index contributed by atoms with van der Waals surface area (Å²) < 4.78 is 2.27. The van der Waals surface area contributed by atoms with Crippen molar-refractivity contribution >= 4 is 34.7 Å². The van der Waals surface area contributed by atoms with Gasteiger partial charge in [-0.05, 0) is 25.3 Å². The maximum absolute atomic E-state index is 6.31. The van der Waals surface area contributed by atoms with E-state index >= 15 is 0 Å². The van der Waals surface area contributed by atoms with Crippen molar-refractivity contribution in [1.82, 2.24) is 19.7 Å². The fourth-order valence-corrected chi connectivity index (χ4v) is 6.17. The molecule has 7 heteroatoms. The van der Waals surface area contributed by atoms with Crippen LogP contribution in [0.4, 0.5) is 0 Å². The highest BCUT2D eigenvalue weighted by atomic mass is 35.5. The molecule has 0 aliphatic heterocycles. The fraction of sp³-hybridized carbons (Fsp3) is 0.500. The number of aryl methyl sites for hydroxylation is 1. The number of hydrogen-bond donors (Lipinski definition) is 0. The molecule has 4 nitrogen and oxygen atoms in total. The van der Waals surface area contributed by atoms with Crippen molar-refractivity contribution in [2.24, 2.45) is 5.92 Å². The molecule has 1 saturated carbocycles. The average molecular weight is 447 g/mol. The summed E-state index contributed by atoms with van der Waals surface area (Å²) in [6, 6.07) is 7.87. The molecular weight excluding hydrogens is 420 g/mol. The predicted octanol–water partition coefficient (Wildman–Crippen LogP) is 6.88. The third-order valence-corrected chi connectivity index (χ3v) is 7.87. The van der Waals surface area contributed by atoms with Gasteiger partial charge in [-0.2, -0.15) is 0 Å². The number of halogens is 1. The van der Waals surface area contributed by atoms with Crippen molar-refractivity contribution in [2.45, 2.75) is 69.3 Å². The van der Waals surface area contributed by atoms with Crippen molar-refractivity contribution < 1.29 is 0 Å². The van der Waals surface area contributed by atoms with Gasteiger partial charge in [0, 0.05) is 29.7 Å². The zero-order valence-corrected chi connectivity index (χ0v) is 19.2. The van der Waals surface area contributed by atoms with E-state index in [2.05, 4.69) is 27.1 Å². The lowest BCUT2D eigenvalue weighted by Gasteiger charge is -2.21. The second-order valence-electron chi connectivity index (χ2n) is 7.60. The lowest BCUT2D eigenvalue weighted by molar-refractivity contribution is 0.335. The van der Waals surface area contributed by atoms with Gasteiger partial charge < -0.3 is 4.57 Å². The Hall–Kier alpha value is -1.37. The van der Waals surface area contributed by atoms with E-state index in [0.717, 1.165) is 56.9 Å². The summed E-state index contributed by atoms with van der Waals surface area (Å²) in [4.78, 5) is 4.77. The zero-order chi connectivity index (χ0) is 20.1. The van der Waals surface area contributed by atoms with Crippen LogP contribution in [0.25, 0.3) is 10.6 Å². The number of thioether (sulfide) groups is 1. The van der Waals surface area contributed by atoms with Crippen LogP contribution in [0.3, 0.4) is 0 Å². The highest BCUT2D eigenvalue weighted by Gasteiger charge is 2.17. The quantitative estimate of drug-likeness (QED) is 0.353. The molecule has 4 rings (SSSR count). The van der Waals surface area contributed by atoms with Gasteiger partial charge in [0.25, 0.3) is 0 Å². The molecule has 0 radical (unpaired) electrons. The normalized spacial score (nSPS) is 15.1. The summed E-state index contributed by atoms with van der Waals surface area (Å²) >= 11 is 9.67. The first-order chi connectivity index (χ1) is 14.2. The Kier molecular flexibility index (Phi) is 7.27. The summed E-state index contributed by atoms with van der Waals surface area (Å²) in [6.45, 7) is 3.09. The smallest absolute Gasteiger partial charge is 0.191 e. The van der Waals surface area contributed by atoms with Crippen LogP contribution >= 0.6 is 34.7 Å². The molecule has 0 saturated heterocycles. The van der Waals surface area contributed by atoms with E-state index in [1.807, 2.05) is 24.3 Å². The third kappa shape index (κ3) is 5.22. The van der Waals surface area contributed by atoms with Crippen LogP contribution in [-0.2, 0) is 18.7 Å². The minimum Gasteiger partial charge on any atom is -0.306 e. The molecule has 1 aromatic carbocycles. The molecule has 2 aromatic heterocycles. The molecule has 3 aromatic rings. The summed E-state index contributed by atoms with van der Waals surface area (Å²) in [6.07, 6.45) is 9.28. The maximum atomic E-state index is 6.31. The largest absolute Gasteiger partial charge is 0.306 e. The van der Waals surface area contributed by atoms with Crippen LogP contribution in [0, 0.1) is 5.92 Å². The Morgan fingerprint density at radius 3 is 2.79 bits per heavy atom. The van der Waals surface area contributed by atoms with E-state index in [0.29, 0.717) is 0 Å². The Bertz CT molecular complexity index is 931. The van der Waals surface area contributed by atoms with Crippen LogP contribution in [0.1, 0.15) is 57.0 Å². The van der Waals surface area contributed by atoms with Crippen LogP contribution in [0.5, 0.6) is 0 Å². The summed E-state index contributed by atoms with van der Waals surface area (Å²) in [5.41, 5.74) is 2.06. The minimum atomic E-state index is 0.745. The fourth-order valence-electron chi connectivity index (χ4n) is 4.01. The van der Waals surface area contributed by atoms with E-state index < -0.39 is 0 Å². The van der Waals surface area contributed by atoms with Gasteiger partial charge in [0.05, 0.1) is 10.7 Å². The Labute approximate surface area is 186 Å². The average Bonchev–Trinajstić information content (AvgIpc) is 3.38. The van der Waals surface area contributed by atoms with Crippen LogP contribution < -0.4 is 0 Å². The molecule has 0 spiro atoms. The van der Waals surface area contributed by atoms with Gasteiger partial charge in [-0.25, -0.2) is 4.98 Å². The summed E-state index contributed by atoms with van der Waals surface area (Å²) in [7, 11) is 0. The first-order valence-corrected chi connectivity index (χ1v) is 12.7. The second kappa shape index (κ2) is 10.1. The third-order valence-electron chi connectivity index (χ3n) is 5.62. The minimum absolute atomic E-state index is 0.745. The standard InChI is InChI=1S/C22H27ClN4S2/c1-2-27-20(13-12-16-8-4-3-5-9-16)25-26-22(27)29-15-17-14-28-21(24-17)18-10-6-7-11-19(18)23/h6-7,10-11,14,16H,2-5,8-9,12-13,15H2,1H3. The van der Waals surface area contributed by atoms with Gasteiger partial charge in [-0.3, -0.25) is 0 Å². The van der Waals surface area contributed by atoms with E-state index in [9.17, 15) is 0 Å². The van der Waals surface area contributed by atoms with E-state index in [4.69, 9.17) is 16.6 Å². The molecule has 0 bridgehead atoms. The van der Waals surface area contributed by atoms with Crippen molar-refractivity contribution in [2.75, 3.05) is 0 Å². The molecule has 1 aliphatic rings.